The molecule has 0 spiro atoms. The molecule has 0 heterocycles. The van der Waals surface area contributed by atoms with Crippen LogP contribution >= 0.6 is 11.6 Å². The Balaban J connectivity index is 1.86. The third-order valence-corrected chi connectivity index (χ3v) is 4.06. The zero-order valence-corrected chi connectivity index (χ0v) is 17.4. The second kappa shape index (κ2) is 10.9. The first-order valence-electron chi connectivity index (χ1n) is 8.67. The fraction of sp³-hybridized carbons (Fsp3) is 0.250. The van der Waals surface area contributed by atoms with E-state index >= 15 is 0 Å². The van der Waals surface area contributed by atoms with Gasteiger partial charge in [-0.25, -0.2) is 0 Å². The highest BCUT2D eigenvalue weighted by Gasteiger charge is 2.18. The van der Waals surface area contributed by atoms with E-state index in [1.54, 1.807) is 24.3 Å². The Labute approximate surface area is 178 Å². The standard InChI is InChI=1S/C20H21ClN2O7/c1-27-15-8-12(9-16(28-2)19(15)29-3)20(26)22-10-18(25)30-11-17(24)23-14-6-4-13(21)5-7-14/h4-9H,10-11H2,1-3H3,(H,22,26)(H,23,24). The molecule has 0 aliphatic heterocycles. The molecule has 10 heteroatoms. The van der Waals surface area contributed by atoms with Crippen LogP contribution in [0.15, 0.2) is 36.4 Å². The van der Waals surface area contributed by atoms with Gasteiger partial charge in [0.25, 0.3) is 11.8 Å². The van der Waals surface area contributed by atoms with Crippen molar-refractivity contribution in [3.05, 3.63) is 47.0 Å². The first-order chi connectivity index (χ1) is 14.4. The number of rotatable bonds is 9. The van der Waals surface area contributed by atoms with E-state index < -0.39 is 30.9 Å². The van der Waals surface area contributed by atoms with Crippen LogP contribution in [0.5, 0.6) is 17.2 Å². The summed E-state index contributed by atoms with van der Waals surface area (Å²) in [5.41, 5.74) is 0.703. The van der Waals surface area contributed by atoms with Gasteiger partial charge in [0.15, 0.2) is 18.1 Å². The Morgan fingerprint density at radius 2 is 1.53 bits per heavy atom. The number of halogens is 1. The van der Waals surface area contributed by atoms with Crippen molar-refractivity contribution in [1.29, 1.82) is 0 Å². The molecule has 2 rings (SSSR count). The van der Waals surface area contributed by atoms with E-state index in [-0.39, 0.29) is 5.56 Å². The van der Waals surface area contributed by atoms with Crippen molar-refractivity contribution in [3.63, 3.8) is 0 Å². The van der Waals surface area contributed by atoms with Crippen molar-refractivity contribution in [2.75, 3.05) is 39.8 Å². The number of hydrogen-bond donors (Lipinski definition) is 2. The van der Waals surface area contributed by atoms with Crippen LogP contribution in [0.1, 0.15) is 10.4 Å². The minimum atomic E-state index is -0.776. The lowest BCUT2D eigenvalue weighted by molar-refractivity contribution is -0.146. The van der Waals surface area contributed by atoms with E-state index in [2.05, 4.69) is 10.6 Å². The molecule has 9 nitrogen and oxygen atoms in total. The smallest absolute Gasteiger partial charge is 0.325 e. The van der Waals surface area contributed by atoms with Gasteiger partial charge in [-0.15, -0.1) is 0 Å². The lowest BCUT2D eigenvalue weighted by atomic mass is 10.1. The van der Waals surface area contributed by atoms with Crippen molar-refractivity contribution < 1.29 is 33.3 Å². The third kappa shape index (κ3) is 6.28. The molecule has 0 aliphatic carbocycles. The molecule has 0 saturated carbocycles. The molecule has 30 heavy (non-hydrogen) atoms. The fourth-order valence-electron chi connectivity index (χ4n) is 2.39. The van der Waals surface area contributed by atoms with Crippen molar-refractivity contribution in [3.8, 4) is 17.2 Å². The molecular formula is C20H21ClN2O7. The second-order valence-corrected chi connectivity index (χ2v) is 6.25. The molecule has 2 aromatic rings. The second-order valence-electron chi connectivity index (χ2n) is 5.81. The largest absolute Gasteiger partial charge is 0.493 e. The van der Waals surface area contributed by atoms with Crippen molar-refractivity contribution >= 4 is 35.1 Å². The average Bonchev–Trinajstić information content (AvgIpc) is 2.76. The Morgan fingerprint density at radius 3 is 2.07 bits per heavy atom. The number of anilines is 1. The predicted octanol–water partition coefficient (Wildman–Crippen LogP) is 2.28. The average molecular weight is 437 g/mol. The summed E-state index contributed by atoms with van der Waals surface area (Å²) in [5.74, 6) is -0.935. The molecule has 0 bridgehead atoms. The van der Waals surface area contributed by atoms with Gasteiger partial charge < -0.3 is 29.6 Å². The van der Waals surface area contributed by atoms with Crippen LogP contribution in [0.2, 0.25) is 5.02 Å². The number of esters is 1. The summed E-state index contributed by atoms with van der Waals surface area (Å²) in [7, 11) is 4.29. The molecule has 2 N–H and O–H groups in total. The summed E-state index contributed by atoms with van der Waals surface area (Å²) in [4.78, 5) is 36.0. The van der Waals surface area contributed by atoms with Crippen molar-refractivity contribution in [2.45, 2.75) is 0 Å². The predicted molar refractivity (Wildman–Crippen MR) is 109 cm³/mol. The molecule has 160 valence electrons. The maximum absolute atomic E-state index is 12.3. The summed E-state index contributed by atoms with van der Waals surface area (Å²) in [5, 5.41) is 5.49. The van der Waals surface area contributed by atoms with E-state index in [0.29, 0.717) is 28.0 Å². The van der Waals surface area contributed by atoms with Crippen LogP contribution < -0.4 is 24.8 Å². The van der Waals surface area contributed by atoms with Gasteiger partial charge in [-0.2, -0.15) is 0 Å². The molecular weight excluding hydrogens is 416 g/mol. The van der Waals surface area contributed by atoms with Crippen LogP contribution in [-0.2, 0) is 14.3 Å². The molecule has 0 aliphatic rings. The lowest BCUT2D eigenvalue weighted by Gasteiger charge is -2.14. The van der Waals surface area contributed by atoms with E-state index in [9.17, 15) is 14.4 Å². The van der Waals surface area contributed by atoms with Crippen LogP contribution in [0.25, 0.3) is 0 Å². The first-order valence-corrected chi connectivity index (χ1v) is 9.05. The topological polar surface area (TPSA) is 112 Å². The maximum Gasteiger partial charge on any atom is 0.325 e. The molecule has 2 aromatic carbocycles. The van der Waals surface area contributed by atoms with E-state index in [1.165, 1.54) is 33.5 Å². The fourth-order valence-corrected chi connectivity index (χ4v) is 2.52. The molecule has 0 atom stereocenters. The Kier molecular flexibility index (Phi) is 8.30. The minimum Gasteiger partial charge on any atom is -0.493 e. The highest BCUT2D eigenvalue weighted by atomic mass is 35.5. The number of carbonyl (C=O) groups is 3. The zero-order valence-electron chi connectivity index (χ0n) is 16.6. The van der Waals surface area contributed by atoms with E-state index in [1.807, 2.05) is 0 Å². The summed E-state index contributed by atoms with van der Waals surface area (Å²) >= 11 is 5.77. The highest BCUT2D eigenvalue weighted by Crippen LogP contribution is 2.38. The SMILES string of the molecule is COc1cc(C(=O)NCC(=O)OCC(=O)Nc2ccc(Cl)cc2)cc(OC)c1OC. The van der Waals surface area contributed by atoms with Crippen LogP contribution in [0, 0.1) is 0 Å². The van der Waals surface area contributed by atoms with Gasteiger partial charge in [0.2, 0.25) is 5.75 Å². The summed E-state index contributed by atoms with van der Waals surface area (Å²) in [6.45, 7) is -0.925. The Bertz CT molecular complexity index is 891. The van der Waals surface area contributed by atoms with Crippen LogP contribution in [0.3, 0.4) is 0 Å². The number of methoxy groups -OCH3 is 3. The third-order valence-electron chi connectivity index (χ3n) is 3.81. The van der Waals surface area contributed by atoms with Crippen LogP contribution in [0.4, 0.5) is 5.69 Å². The number of ether oxygens (including phenoxy) is 4. The quantitative estimate of drug-likeness (QED) is 0.580. The van der Waals surface area contributed by atoms with Gasteiger partial charge in [-0.3, -0.25) is 14.4 Å². The molecule has 0 radical (unpaired) electrons. The van der Waals surface area contributed by atoms with Gasteiger partial charge in [0, 0.05) is 16.3 Å². The molecule has 2 amide bonds. The number of benzene rings is 2. The Hall–Kier alpha value is -3.46. The number of amides is 2. The molecule has 0 unspecified atom stereocenters. The van der Waals surface area contributed by atoms with Crippen molar-refractivity contribution in [1.82, 2.24) is 5.32 Å². The number of hydrogen-bond acceptors (Lipinski definition) is 7. The zero-order chi connectivity index (χ0) is 22.1. The lowest BCUT2D eigenvalue weighted by Crippen LogP contribution is -2.32. The summed E-state index contributed by atoms with van der Waals surface area (Å²) in [6.07, 6.45) is 0. The summed E-state index contributed by atoms with van der Waals surface area (Å²) < 4.78 is 20.4. The van der Waals surface area contributed by atoms with E-state index in [4.69, 9.17) is 30.5 Å². The monoisotopic (exact) mass is 436 g/mol. The first kappa shape index (κ1) is 22.8. The van der Waals surface area contributed by atoms with E-state index in [0.717, 1.165) is 0 Å². The van der Waals surface area contributed by atoms with Crippen LogP contribution in [-0.4, -0.2) is 52.3 Å². The molecule has 0 aromatic heterocycles. The van der Waals surface area contributed by atoms with Gasteiger partial charge >= 0.3 is 5.97 Å². The van der Waals surface area contributed by atoms with Crippen molar-refractivity contribution in [2.24, 2.45) is 0 Å². The number of carbonyl (C=O) groups excluding carboxylic acids is 3. The minimum absolute atomic E-state index is 0.192. The van der Waals surface area contributed by atoms with Gasteiger partial charge in [-0.05, 0) is 36.4 Å². The number of nitrogens with one attached hydrogen (secondary N) is 2. The van der Waals surface area contributed by atoms with Gasteiger partial charge in [0.05, 0.1) is 21.3 Å². The van der Waals surface area contributed by atoms with Gasteiger partial charge in [-0.1, -0.05) is 11.6 Å². The Morgan fingerprint density at radius 1 is 0.933 bits per heavy atom. The highest BCUT2D eigenvalue weighted by molar-refractivity contribution is 6.30. The molecule has 0 saturated heterocycles. The summed E-state index contributed by atoms with van der Waals surface area (Å²) in [6, 6.07) is 9.34. The normalized spacial score (nSPS) is 10.0. The molecule has 0 fully saturated rings. The van der Waals surface area contributed by atoms with Gasteiger partial charge in [0.1, 0.15) is 6.54 Å². The maximum atomic E-state index is 12.3.